The summed E-state index contributed by atoms with van der Waals surface area (Å²) in [4.78, 5) is 22.6. The van der Waals surface area contributed by atoms with E-state index in [1.807, 2.05) is 0 Å². The van der Waals surface area contributed by atoms with Gasteiger partial charge >= 0.3 is 12.3 Å². The van der Waals surface area contributed by atoms with Crippen LogP contribution in [0.4, 0.5) is 17.6 Å². The Balaban J connectivity index is 4.56. The van der Waals surface area contributed by atoms with Gasteiger partial charge in [0.2, 0.25) is 5.91 Å². The van der Waals surface area contributed by atoms with Crippen molar-refractivity contribution in [3.05, 3.63) is 0 Å². The van der Waals surface area contributed by atoms with E-state index in [1.165, 1.54) is 0 Å². The highest BCUT2D eigenvalue weighted by atomic mass is 19.3. The summed E-state index contributed by atoms with van der Waals surface area (Å²) < 4.78 is 49.3. The molecule has 0 heterocycles. The smallest absolute Gasteiger partial charge is 0.350 e. The van der Waals surface area contributed by atoms with Crippen molar-refractivity contribution in [3.8, 4) is 0 Å². The van der Waals surface area contributed by atoms with E-state index in [0.29, 0.717) is 0 Å². The number of carbonyl (C=O) groups excluding carboxylic acids is 2. The predicted molar refractivity (Wildman–Crippen MR) is 56.5 cm³/mol. The van der Waals surface area contributed by atoms with E-state index >= 15 is 0 Å². The Bertz CT molecular complexity index is 326. The summed E-state index contributed by atoms with van der Waals surface area (Å²) in [5.41, 5.74) is -0.605. The summed E-state index contributed by atoms with van der Waals surface area (Å²) in [6.07, 6.45) is -4.10. The van der Waals surface area contributed by atoms with Crippen molar-refractivity contribution in [1.29, 1.82) is 0 Å². The second-order valence-corrected chi connectivity index (χ2v) is 4.88. The van der Waals surface area contributed by atoms with E-state index in [9.17, 15) is 27.2 Å². The zero-order valence-corrected chi connectivity index (χ0v) is 10.6. The van der Waals surface area contributed by atoms with Crippen LogP contribution in [0.3, 0.4) is 0 Å². The molecule has 0 fully saturated rings. The van der Waals surface area contributed by atoms with Crippen molar-refractivity contribution < 1.29 is 27.2 Å². The lowest BCUT2D eigenvalue weighted by Gasteiger charge is -2.25. The second kappa shape index (κ2) is 5.53. The number of amides is 2. The fourth-order valence-electron chi connectivity index (χ4n) is 1.09. The SMILES string of the molecule is CN(CC(=O)NC(C)(C)C)C(=O)C(F)(F)C(F)F. The van der Waals surface area contributed by atoms with Crippen LogP contribution in [0, 0.1) is 0 Å². The Morgan fingerprint density at radius 1 is 1.22 bits per heavy atom. The zero-order chi connectivity index (χ0) is 14.7. The summed E-state index contributed by atoms with van der Waals surface area (Å²) in [7, 11) is 0.862. The molecule has 0 unspecified atom stereocenters. The number of hydrogen-bond donors (Lipinski definition) is 1. The Labute approximate surface area is 102 Å². The Kier molecular flexibility index (Phi) is 5.12. The normalized spacial score (nSPS) is 12.5. The first-order valence-electron chi connectivity index (χ1n) is 5.10. The standard InChI is InChI=1S/C10H16F4N2O2/c1-9(2,3)15-6(17)5-16(4)8(18)10(13,14)7(11)12/h7H,5H2,1-4H3,(H,15,17). The zero-order valence-electron chi connectivity index (χ0n) is 10.6. The maximum atomic E-state index is 12.7. The molecule has 0 aromatic heterocycles. The van der Waals surface area contributed by atoms with Gasteiger partial charge in [-0.05, 0) is 20.8 Å². The van der Waals surface area contributed by atoms with Gasteiger partial charge in [0.25, 0.3) is 5.91 Å². The molecule has 0 aliphatic carbocycles. The van der Waals surface area contributed by atoms with E-state index in [0.717, 1.165) is 7.05 Å². The van der Waals surface area contributed by atoms with E-state index in [2.05, 4.69) is 5.32 Å². The van der Waals surface area contributed by atoms with Gasteiger partial charge < -0.3 is 10.2 Å². The van der Waals surface area contributed by atoms with Crippen LogP contribution in [0.1, 0.15) is 20.8 Å². The van der Waals surface area contributed by atoms with Crippen molar-refractivity contribution >= 4 is 11.8 Å². The Morgan fingerprint density at radius 3 is 2.00 bits per heavy atom. The highest BCUT2D eigenvalue weighted by Crippen LogP contribution is 2.24. The van der Waals surface area contributed by atoms with Gasteiger partial charge in [0.1, 0.15) is 0 Å². The molecule has 0 aromatic rings. The van der Waals surface area contributed by atoms with Gasteiger partial charge in [-0.15, -0.1) is 0 Å². The lowest BCUT2D eigenvalue weighted by Crippen LogP contribution is -2.51. The maximum Gasteiger partial charge on any atom is 0.383 e. The molecule has 0 aromatic carbocycles. The molecule has 0 radical (unpaired) electrons. The number of halogens is 4. The van der Waals surface area contributed by atoms with Gasteiger partial charge in [-0.2, -0.15) is 8.78 Å². The van der Waals surface area contributed by atoms with Gasteiger partial charge in [0, 0.05) is 12.6 Å². The van der Waals surface area contributed by atoms with Crippen LogP contribution in [-0.4, -0.2) is 48.2 Å². The van der Waals surface area contributed by atoms with E-state index < -0.39 is 36.2 Å². The number of alkyl halides is 4. The average Bonchev–Trinajstić information content (AvgIpc) is 2.12. The first-order chi connectivity index (χ1) is 7.88. The molecule has 0 spiro atoms. The summed E-state index contributed by atoms with van der Waals surface area (Å²) in [5, 5.41) is 2.42. The fraction of sp³-hybridized carbons (Fsp3) is 0.800. The lowest BCUT2D eigenvalue weighted by atomic mass is 10.1. The van der Waals surface area contributed by atoms with Crippen molar-refractivity contribution in [2.45, 2.75) is 38.7 Å². The molecule has 0 aliphatic rings. The number of carbonyl (C=O) groups is 2. The molecular formula is C10H16F4N2O2. The minimum Gasteiger partial charge on any atom is -0.350 e. The highest BCUT2D eigenvalue weighted by molar-refractivity contribution is 5.88. The largest absolute Gasteiger partial charge is 0.383 e. The molecule has 18 heavy (non-hydrogen) atoms. The van der Waals surface area contributed by atoms with Crippen LogP contribution in [0.2, 0.25) is 0 Å². The van der Waals surface area contributed by atoms with Gasteiger partial charge in [0.05, 0.1) is 6.54 Å². The molecule has 2 amide bonds. The molecule has 8 heteroatoms. The monoisotopic (exact) mass is 272 g/mol. The number of nitrogens with zero attached hydrogens (tertiary/aromatic N) is 1. The molecule has 0 aliphatic heterocycles. The summed E-state index contributed by atoms with van der Waals surface area (Å²) in [6.45, 7) is 4.25. The van der Waals surface area contributed by atoms with Gasteiger partial charge in [0.15, 0.2) is 0 Å². The summed E-state index contributed by atoms with van der Waals surface area (Å²) >= 11 is 0. The third-order valence-corrected chi connectivity index (χ3v) is 1.80. The van der Waals surface area contributed by atoms with Crippen LogP contribution in [-0.2, 0) is 9.59 Å². The third kappa shape index (κ3) is 4.89. The minimum absolute atomic E-state index is 0.271. The van der Waals surface area contributed by atoms with Crippen LogP contribution in [0.5, 0.6) is 0 Å². The van der Waals surface area contributed by atoms with Crippen LogP contribution < -0.4 is 5.32 Å². The molecule has 0 bridgehead atoms. The third-order valence-electron chi connectivity index (χ3n) is 1.80. The molecule has 106 valence electrons. The fourth-order valence-corrected chi connectivity index (χ4v) is 1.09. The summed E-state index contributed by atoms with van der Waals surface area (Å²) in [6, 6.07) is 0. The molecule has 0 rings (SSSR count). The first-order valence-corrected chi connectivity index (χ1v) is 5.10. The molecule has 0 atom stereocenters. The first kappa shape index (κ1) is 16.7. The Morgan fingerprint density at radius 2 is 1.67 bits per heavy atom. The maximum absolute atomic E-state index is 12.7. The molecular weight excluding hydrogens is 256 g/mol. The quantitative estimate of drug-likeness (QED) is 0.783. The van der Waals surface area contributed by atoms with Crippen molar-refractivity contribution in [3.63, 3.8) is 0 Å². The topological polar surface area (TPSA) is 49.4 Å². The van der Waals surface area contributed by atoms with Gasteiger partial charge in [-0.3, -0.25) is 9.59 Å². The van der Waals surface area contributed by atoms with Crippen molar-refractivity contribution in [2.75, 3.05) is 13.6 Å². The second-order valence-electron chi connectivity index (χ2n) is 4.88. The van der Waals surface area contributed by atoms with Gasteiger partial charge in [-0.25, -0.2) is 8.78 Å². The van der Waals surface area contributed by atoms with Crippen molar-refractivity contribution in [1.82, 2.24) is 10.2 Å². The van der Waals surface area contributed by atoms with Crippen molar-refractivity contribution in [2.24, 2.45) is 0 Å². The Hall–Kier alpha value is -1.34. The molecule has 4 nitrogen and oxygen atoms in total. The predicted octanol–water partition coefficient (Wildman–Crippen LogP) is 1.26. The van der Waals surface area contributed by atoms with Crippen LogP contribution in [0.25, 0.3) is 0 Å². The number of likely N-dealkylation sites (N-methyl/N-ethyl adjacent to an activating group) is 1. The number of rotatable bonds is 4. The summed E-state index contributed by atoms with van der Waals surface area (Å²) in [5.74, 6) is -7.57. The number of hydrogen-bond acceptors (Lipinski definition) is 2. The highest BCUT2D eigenvalue weighted by Gasteiger charge is 2.50. The van der Waals surface area contributed by atoms with E-state index in [-0.39, 0.29) is 4.90 Å². The molecule has 0 saturated heterocycles. The van der Waals surface area contributed by atoms with E-state index in [1.54, 1.807) is 20.8 Å². The van der Waals surface area contributed by atoms with Crippen LogP contribution >= 0.6 is 0 Å². The van der Waals surface area contributed by atoms with Gasteiger partial charge in [-0.1, -0.05) is 0 Å². The average molecular weight is 272 g/mol. The lowest BCUT2D eigenvalue weighted by molar-refractivity contribution is -0.179. The minimum atomic E-state index is -4.78. The van der Waals surface area contributed by atoms with Crippen LogP contribution in [0.15, 0.2) is 0 Å². The number of nitrogens with one attached hydrogen (secondary N) is 1. The van der Waals surface area contributed by atoms with E-state index in [4.69, 9.17) is 0 Å². The molecule has 0 saturated carbocycles. The molecule has 1 N–H and O–H groups in total.